The van der Waals surface area contributed by atoms with Crippen molar-refractivity contribution in [3.63, 3.8) is 0 Å². The second kappa shape index (κ2) is 5.97. The van der Waals surface area contributed by atoms with Gasteiger partial charge in [0, 0.05) is 31.0 Å². The van der Waals surface area contributed by atoms with Crippen molar-refractivity contribution in [1.29, 1.82) is 0 Å². The van der Waals surface area contributed by atoms with E-state index in [-0.39, 0.29) is 5.54 Å². The Morgan fingerprint density at radius 2 is 2.11 bits per heavy atom. The Hall–Kier alpha value is -1.00. The first kappa shape index (κ1) is 14.4. The lowest BCUT2D eigenvalue weighted by Gasteiger charge is -2.23. The lowest BCUT2D eigenvalue weighted by molar-refractivity contribution is 0.301. The third-order valence-corrected chi connectivity index (χ3v) is 3.51. The third kappa shape index (κ3) is 4.88. The van der Waals surface area contributed by atoms with E-state index in [4.69, 9.17) is 0 Å². The van der Waals surface area contributed by atoms with E-state index >= 15 is 0 Å². The molecule has 0 aliphatic carbocycles. The van der Waals surface area contributed by atoms with Crippen LogP contribution in [0.15, 0.2) is 12.4 Å². The molecule has 1 aliphatic heterocycles. The number of hydrogen-bond acceptors (Lipinski definition) is 4. The van der Waals surface area contributed by atoms with Crippen molar-refractivity contribution in [3.8, 4) is 0 Å². The molecule has 1 atom stereocenters. The van der Waals surface area contributed by atoms with Crippen LogP contribution in [0.5, 0.6) is 0 Å². The van der Waals surface area contributed by atoms with Crippen LogP contribution in [0, 0.1) is 12.8 Å². The molecule has 1 N–H and O–H groups in total. The van der Waals surface area contributed by atoms with E-state index < -0.39 is 0 Å². The van der Waals surface area contributed by atoms with Gasteiger partial charge >= 0.3 is 0 Å². The molecule has 0 aromatic carbocycles. The van der Waals surface area contributed by atoms with Gasteiger partial charge in [0.2, 0.25) is 0 Å². The van der Waals surface area contributed by atoms with E-state index in [9.17, 15) is 0 Å². The Morgan fingerprint density at radius 1 is 1.32 bits per heavy atom. The van der Waals surface area contributed by atoms with Gasteiger partial charge in [-0.2, -0.15) is 0 Å². The zero-order valence-corrected chi connectivity index (χ0v) is 12.6. The second-order valence-corrected chi connectivity index (χ2v) is 6.67. The van der Waals surface area contributed by atoms with Gasteiger partial charge in [0.15, 0.2) is 0 Å². The first-order valence-corrected chi connectivity index (χ1v) is 7.17. The minimum Gasteiger partial charge on any atom is -0.312 e. The van der Waals surface area contributed by atoms with E-state index in [0.29, 0.717) is 0 Å². The highest BCUT2D eigenvalue weighted by Crippen LogP contribution is 2.18. The van der Waals surface area contributed by atoms with E-state index in [2.05, 4.69) is 41.0 Å². The Balaban J connectivity index is 1.77. The van der Waals surface area contributed by atoms with Crippen molar-refractivity contribution < 1.29 is 0 Å². The van der Waals surface area contributed by atoms with Crippen LogP contribution in [-0.2, 0) is 6.54 Å². The lowest BCUT2D eigenvalue weighted by atomic mass is 10.1. The Labute approximate surface area is 116 Å². The van der Waals surface area contributed by atoms with Gasteiger partial charge in [0.05, 0.1) is 11.4 Å². The van der Waals surface area contributed by atoms with Crippen molar-refractivity contribution >= 4 is 0 Å². The molecule has 1 aromatic heterocycles. The minimum atomic E-state index is 0.218. The topological polar surface area (TPSA) is 41.1 Å². The summed E-state index contributed by atoms with van der Waals surface area (Å²) in [6, 6.07) is 0. The summed E-state index contributed by atoms with van der Waals surface area (Å²) in [6.45, 7) is 13.0. The number of aromatic nitrogens is 2. The van der Waals surface area contributed by atoms with Gasteiger partial charge in [-0.25, -0.2) is 0 Å². The summed E-state index contributed by atoms with van der Waals surface area (Å²) in [4.78, 5) is 11.2. The summed E-state index contributed by atoms with van der Waals surface area (Å²) in [7, 11) is 0. The van der Waals surface area contributed by atoms with Crippen LogP contribution in [0.3, 0.4) is 0 Å². The number of likely N-dealkylation sites (tertiary alicyclic amines) is 1. The smallest absolute Gasteiger partial charge is 0.0727 e. The Bertz CT molecular complexity index is 394. The quantitative estimate of drug-likeness (QED) is 0.901. The van der Waals surface area contributed by atoms with Crippen molar-refractivity contribution in [2.75, 3.05) is 19.6 Å². The molecule has 1 aliphatic rings. The fourth-order valence-corrected chi connectivity index (χ4v) is 2.40. The predicted molar refractivity (Wildman–Crippen MR) is 77.9 cm³/mol. The first-order chi connectivity index (χ1) is 8.92. The summed E-state index contributed by atoms with van der Waals surface area (Å²) in [5.74, 6) is 0.762. The highest BCUT2D eigenvalue weighted by molar-refractivity contribution is 5.01. The number of nitrogens with zero attached hydrogens (tertiary/aromatic N) is 3. The highest BCUT2D eigenvalue weighted by atomic mass is 15.2. The molecule has 4 nitrogen and oxygen atoms in total. The van der Waals surface area contributed by atoms with Gasteiger partial charge in [0.1, 0.15) is 0 Å². The third-order valence-electron chi connectivity index (χ3n) is 3.51. The van der Waals surface area contributed by atoms with Crippen molar-refractivity contribution in [2.24, 2.45) is 5.92 Å². The normalized spacial score (nSPS) is 20.9. The number of hydrogen-bond donors (Lipinski definition) is 1. The molecule has 1 aromatic rings. The molecule has 0 radical (unpaired) electrons. The molecule has 106 valence electrons. The van der Waals surface area contributed by atoms with Gasteiger partial charge in [-0.15, -0.1) is 0 Å². The van der Waals surface area contributed by atoms with Crippen LogP contribution in [0.2, 0.25) is 0 Å². The van der Waals surface area contributed by atoms with E-state index in [1.165, 1.54) is 19.5 Å². The molecule has 2 heterocycles. The summed E-state index contributed by atoms with van der Waals surface area (Å²) in [5.41, 5.74) is 2.28. The van der Waals surface area contributed by atoms with Crippen molar-refractivity contribution in [1.82, 2.24) is 20.2 Å². The standard InChI is InChI=1S/C15H26N4/c1-12-7-17-14(9-16-12)11-19-6-5-13(10-19)8-18-15(2,3)4/h7,9,13,18H,5-6,8,10-11H2,1-4H3. The summed E-state index contributed by atoms with van der Waals surface area (Å²) in [5, 5.41) is 3.60. The van der Waals surface area contributed by atoms with Crippen LogP contribution in [0.4, 0.5) is 0 Å². The molecule has 0 amide bonds. The fourth-order valence-electron chi connectivity index (χ4n) is 2.40. The molecule has 0 spiro atoms. The van der Waals surface area contributed by atoms with Gasteiger partial charge in [-0.3, -0.25) is 14.9 Å². The summed E-state index contributed by atoms with van der Waals surface area (Å²) >= 11 is 0. The maximum Gasteiger partial charge on any atom is 0.0727 e. The zero-order chi connectivity index (χ0) is 13.9. The average molecular weight is 262 g/mol. The number of rotatable bonds is 4. The Morgan fingerprint density at radius 3 is 2.74 bits per heavy atom. The van der Waals surface area contributed by atoms with Crippen LogP contribution in [-0.4, -0.2) is 40.0 Å². The second-order valence-electron chi connectivity index (χ2n) is 6.67. The molecule has 0 bridgehead atoms. The zero-order valence-electron chi connectivity index (χ0n) is 12.6. The maximum atomic E-state index is 4.43. The molecule has 4 heteroatoms. The van der Waals surface area contributed by atoms with Crippen molar-refractivity contribution in [3.05, 3.63) is 23.8 Å². The SMILES string of the molecule is Cc1cnc(CN2CCC(CNC(C)(C)C)C2)cn1. The molecule has 1 fully saturated rings. The minimum absolute atomic E-state index is 0.218. The van der Waals surface area contributed by atoms with Gasteiger partial charge in [-0.1, -0.05) is 0 Å². The lowest BCUT2D eigenvalue weighted by Crippen LogP contribution is -2.39. The molecule has 1 unspecified atom stereocenters. The molecular formula is C15H26N4. The van der Waals surface area contributed by atoms with Crippen LogP contribution in [0.1, 0.15) is 38.6 Å². The monoisotopic (exact) mass is 262 g/mol. The van der Waals surface area contributed by atoms with E-state index in [1.54, 1.807) is 0 Å². The first-order valence-electron chi connectivity index (χ1n) is 7.17. The van der Waals surface area contributed by atoms with E-state index in [1.807, 2.05) is 19.3 Å². The average Bonchev–Trinajstić information content (AvgIpc) is 2.77. The van der Waals surface area contributed by atoms with Gasteiger partial charge < -0.3 is 5.32 Å². The number of aryl methyl sites for hydroxylation is 1. The van der Waals surface area contributed by atoms with Gasteiger partial charge in [-0.05, 0) is 53.1 Å². The largest absolute Gasteiger partial charge is 0.312 e. The molecule has 19 heavy (non-hydrogen) atoms. The summed E-state index contributed by atoms with van der Waals surface area (Å²) < 4.78 is 0. The summed E-state index contributed by atoms with van der Waals surface area (Å²) in [6.07, 6.45) is 5.03. The van der Waals surface area contributed by atoms with Crippen molar-refractivity contribution in [2.45, 2.75) is 46.2 Å². The van der Waals surface area contributed by atoms with Crippen LogP contribution in [0.25, 0.3) is 0 Å². The highest BCUT2D eigenvalue weighted by Gasteiger charge is 2.23. The molecule has 0 saturated carbocycles. The van der Waals surface area contributed by atoms with Gasteiger partial charge in [0.25, 0.3) is 0 Å². The predicted octanol–water partition coefficient (Wildman–Crippen LogP) is 2.00. The molecule has 1 saturated heterocycles. The van der Waals surface area contributed by atoms with E-state index in [0.717, 1.165) is 30.4 Å². The molecular weight excluding hydrogens is 236 g/mol. The fraction of sp³-hybridized carbons (Fsp3) is 0.733. The Kier molecular flexibility index (Phi) is 4.53. The number of nitrogens with one attached hydrogen (secondary N) is 1. The van der Waals surface area contributed by atoms with Crippen LogP contribution < -0.4 is 5.32 Å². The molecule has 2 rings (SSSR count). The maximum absolute atomic E-state index is 4.43. The van der Waals surface area contributed by atoms with Crippen LogP contribution >= 0.6 is 0 Å².